The van der Waals surface area contributed by atoms with Gasteiger partial charge in [0.25, 0.3) is 0 Å². The number of fused-ring (bicyclic) bond motifs is 1. The van der Waals surface area contributed by atoms with Crippen molar-refractivity contribution in [3.63, 3.8) is 0 Å². The fraction of sp³-hybridized carbons (Fsp3) is 0.529. The average molecular weight is 349 g/mol. The second-order valence-electron chi connectivity index (χ2n) is 6.45. The van der Waals surface area contributed by atoms with Crippen molar-refractivity contribution in [3.05, 3.63) is 28.9 Å². The van der Waals surface area contributed by atoms with Gasteiger partial charge in [-0.3, -0.25) is 4.79 Å². The molecule has 24 heavy (non-hydrogen) atoms. The molecule has 1 aliphatic heterocycles. The molecule has 0 saturated carbocycles. The number of amides is 1. The highest BCUT2D eigenvalue weighted by atomic mass is 32.1. The molecule has 2 aromatic heterocycles. The number of aromatic nitrogens is 1. The van der Waals surface area contributed by atoms with E-state index in [0.29, 0.717) is 12.0 Å². The number of rotatable bonds is 4. The maximum absolute atomic E-state index is 12.5. The number of hydrogen-bond donors (Lipinski definition) is 0. The second kappa shape index (κ2) is 6.94. The highest BCUT2D eigenvalue weighted by Crippen LogP contribution is 2.24. The maximum Gasteiger partial charge on any atom is 0.341 e. The minimum Gasteiger partial charge on any atom is -0.459 e. The Bertz CT molecular complexity index is 741. The minimum absolute atomic E-state index is 0.141. The SMILES string of the molecule is CC(C)OC(=O)c1ccn2c(CC(=O)N3CCN(C)CC3)csc12. The van der Waals surface area contributed by atoms with Crippen LogP contribution in [-0.4, -0.2) is 65.4 Å². The maximum atomic E-state index is 12.5. The Hall–Kier alpha value is -1.86. The number of ether oxygens (including phenoxy) is 1. The van der Waals surface area contributed by atoms with Gasteiger partial charge in [0.05, 0.1) is 18.1 Å². The molecule has 2 aromatic rings. The van der Waals surface area contributed by atoms with Gasteiger partial charge >= 0.3 is 5.97 Å². The van der Waals surface area contributed by atoms with Gasteiger partial charge < -0.3 is 18.9 Å². The molecule has 0 aromatic carbocycles. The van der Waals surface area contributed by atoms with Crippen LogP contribution in [0.4, 0.5) is 0 Å². The molecule has 7 heteroatoms. The molecule has 0 bridgehead atoms. The predicted molar refractivity (Wildman–Crippen MR) is 93.6 cm³/mol. The van der Waals surface area contributed by atoms with Crippen molar-refractivity contribution in [3.8, 4) is 0 Å². The number of likely N-dealkylation sites (N-methyl/N-ethyl adjacent to an activating group) is 1. The number of nitrogens with zero attached hydrogens (tertiary/aromatic N) is 3. The Balaban J connectivity index is 1.73. The molecule has 0 unspecified atom stereocenters. The summed E-state index contributed by atoms with van der Waals surface area (Å²) in [5.41, 5.74) is 1.48. The molecule has 3 rings (SSSR count). The van der Waals surface area contributed by atoms with E-state index >= 15 is 0 Å². The summed E-state index contributed by atoms with van der Waals surface area (Å²) < 4.78 is 7.20. The Morgan fingerprint density at radius 1 is 1.25 bits per heavy atom. The van der Waals surface area contributed by atoms with Crippen LogP contribution in [-0.2, 0) is 16.0 Å². The molecule has 1 amide bonds. The van der Waals surface area contributed by atoms with E-state index in [9.17, 15) is 9.59 Å². The molecular formula is C17H23N3O3S. The van der Waals surface area contributed by atoms with Crippen LogP contribution in [0.3, 0.4) is 0 Å². The predicted octanol–water partition coefficient (Wildman–Crippen LogP) is 1.88. The molecule has 0 radical (unpaired) electrons. The van der Waals surface area contributed by atoms with E-state index in [1.54, 1.807) is 6.07 Å². The van der Waals surface area contributed by atoms with Crippen molar-refractivity contribution in [1.29, 1.82) is 0 Å². The van der Waals surface area contributed by atoms with Gasteiger partial charge in [-0.2, -0.15) is 0 Å². The molecule has 130 valence electrons. The first kappa shape index (κ1) is 17.0. The Kier molecular flexibility index (Phi) is 4.91. The molecule has 0 N–H and O–H groups in total. The van der Waals surface area contributed by atoms with Crippen LogP contribution in [0.1, 0.15) is 29.9 Å². The first-order valence-corrected chi connectivity index (χ1v) is 9.08. The summed E-state index contributed by atoms with van der Waals surface area (Å²) in [4.78, 5) is 29.6. The molecule has 0 atom stereocenters. The highest BCUT2D eigenvalue weighted by molar-refractivity contribution is 7.16. The van der Waals surface area contributed by atoms with E-state index in [-0.39, 0.29) is 18.0 Å². The third-order valence-corrected chi connectivity index (χ3v) is 5.24. The van der Waals surface area contributed by atoms with E-state index in [0.717, 1.165) is 36.7 Å². The van der Waals surface area contributed by atoms with Crippen molar-refractivity contribution in [2.75, 3.05) is 33.2 Å². The van der Waals surface area contributed by atoms with Gasteiger partial charge in [-0.15, -0.1) is 11.3 Å². The number of carbonyl (C=O) groups excluding carboxylic acids is 2. The Morgan fingerprint density at radius 2 is 1.96 bits per heavy atom. The summed E-state index contributed by atoms with van der Waals surface area (Å²) in [6.45, 7) is 7.05. The van der Waals surface area contributed by atoms with Crippen molar-refractivity contribution < 1.29 is 14.3 Å². The topological polar surface area (TPSA) is 54.3 Å². The van der Waals surface area contributed by atoms with E-state index < -0.39 is 0 Å². The van der Waals surface area contributed by atoms with Gasteiger partial charge in [0.15, 0.2) is 0 Å². The number of hydrogen-bond acceptors (Lipinski definition) is 5. The average Bonchev–Trinajstić information content (AvgIpc) is 3.10. The molecule has 1 saturated heterocycles. The zero-order valence-electron chi connectivity index (χ0n) is 14.3. The van der Waals surface area contributed by atoms with Gasteiger partial charge in [0.1, 0.15) is 4.83 Å². The molecule has 3 heterocycles. The van der Waals surface area contributed by atoms with E-state index in [2.05, 4.69) is 11.9 Å². The third kappa shape index (κ3) is 3.47. The van der Waals surface area contributed by atoms with Crippen LogP contribution in [0.2, 0.25) is 0 Å². The zero-order chi connectivity index (χ0) is 17.3. The van der Waals surface area contributed by atoms with Crippen LogP contribution in [0.15, 0.2) is 17.6 Å². The lowest BCUT2D eigenvalue weighted by Gasteiger charge is -2.32. The number of thiazole rings is 1. The van der Waals surface area contributed by atoms with E-state index in [1.165, 1.54) is 11.3 Å². The molecular weight excluding hydrogens is 326 g/mol. The highest BCUT2D eigenvalue weighted by Gasteiger charge is 2.22. The molecule has 1 fully saturated rings. The van der Waals surface area contributed by atoms with Gasteiger partial charge in [0.2, 0.25) is 5.91 Å². The largest absolute Gasteiger partial charge is 0.459 e. The lowest BCUT2D eigenvalue weighted by molar-refractivity contribution is -0.132. The number of esters is 1. The summed E-state index contributed by atoms with van der Waals surface area (Å²) in [7, 11) is 2.07. The second-order valence-corrected chi connectivity index (χ2v) is 7.30. The first-order chi connectivity index (χ1) is 11.5. The van der Waals surface area contributed by atoms with Crippen LogP contribution in [0.25, 0.3) is 4.83 Å². The quantitative estimate of drug-likeness (QED) is 0.791. The van der Waals surface area contributed by atoms with Crippen LogP contribution >= 0.6 is 11.3 Å². The lowest BCUT2D eigenvalue weighted by atomic mass is 10.2. The normalized spacial score (nSPS) is 16.1. The van der Waals surface area contributed by atoms with Gasteiger partial charge in [-0.25, -0.2) is 4.79 Å². The van der Waals surface area contributed by atoms with Crippen molar-refractivity contribution in [2.45, 2.75) is 26.4 Å². The van der Waals surface area contributed by atoms with Crippen LogP contribution in [0.5, 0.6) is 0 Å². The molecule has 0 spiro atoms. The van der Waals surface area contributed by atoms with Crippen molar-refractivity contribution in [2.24, 2.45) is 0 Å². The standard InChI is InChI=1S/C17H23N3O3S/c1-12(2)23-17(22)14-4-5-20-13(11-24-16(14)20)10-15(21)19-8-6-18(3)7-9-19/h4-5,11-12H,6-10H2,1-3H3. The fourth-order valence-corrected chi connectivity index (χ4v) is 3.84. The van der Waals surface area contributed by atoms with Gasteiger partial charge in [-0.05, 0) is 27.0 Å². The molecule has 0 aliphatic carbocycles. The molecule has 1 aliphatic rings. The van der Waals surface area contributed by atoms with Gasteiger partial charge in [0, 0.05) is 43.4 Å². The fourth-order valence-electron chi connectivity index (χ4n) is 2.83. The zero-order valence-corrected chi connectivity index (χ0v) is 15.1. The van der Waals surface area contributed by atoms with Crippen LogP contribution in [0, 0.1) is 0 Å². The summed E-state index contributed by atoms with van der Waals surface area (Å²) in [5, 5.41) is 1.95. The Labute approximate surface area is 145 Å². The van der Waals surface area contributed by atoms with E-state index in [1.807, 2.05) is 34.7 Å². The lowest BCUT2D eigenvalue weighted by Crippen LogP contribution is -2.47. The minimum atomic E-state index is -0.314. The van der Waals surface area contributed by atoms with E-state index in [4.69, 9.17) is 4.74 Å². The molecule has 6 nitrogen and oxygen atoms in total. The summed E-state index contributed by atoms with van der Waals surface area (Å²) in [5.74, 6) is -0.172. The number of piperazine rings is 1. The monoisotopic (exact) mass is 349 g/mol. The number of carbonyl (C=O) groups is 2. The van der Waals surface area contributed by atoms with Crippen molar-refractivity contribution >= 4 is 28.0 Å². The smallest absolute Gasteiger partial charge is 0.341 e. The van der Waals surface area contributed by atoms with Crippen molar-refractivity contribution in [1.82, 2.24) is 14.2 Å². The summed E-state index contributed by atoms with van der Waals surface area (Å²) >= 11 is 1.47. The third-order valence-electron chi connectivity index (χ3n) is 4.21. The summed E-state index contributed by atoms with van der Waals surface area (Å²) in [6, 6.07) is 1.76. The first-order valence-electron chi connectivity index (χ1n) is 8.20. The van der Waals surface area contributed by atoms with Gasteiger partial charge in [-0.1, -0.05) is 0 Å². The van der Waals surface area contributed by atoms with Crippen LogP contribution < -0.4 is 0 Å². The summed E-state index contributed by atoms with van der Waals surface area (Å²) in [6.07, 6.45) is 2.05. The Morgan fingerprint density at radius 3 is 2.62 bits per heavy atom.